The second-order valence-corrected chi connectivity index (χ2v) is 4.92. The summed E-state index contributed by atoms with van der Waals surface area (Å²) in [6, 6.07) is 4.47. The van der Waals surface area contributed by atoms with Crippen LogP contribution in [0.15, 0.2) is 17.5 Å². The summed E-state index contributed by atoms with van der Waals surface area (Å²) in [5.41, 5.74) is 0. The number of thiophene rings is 1. The van der Waals surface area contributed by atoms with Crippen molar-refractivity contribution in [1.29, 1.82) is 0 Å². The molecule has 0 aromatic carbocycles. The molecule has 3 rings (SSSR count). The van der Waals surface area contributed by atoms with Gasteiger partial charge in [-0.25, -0.2) is 0 Å². The minimum Gasteiger partial charge on any atom is -0.316 e. The van der Waals surface area contributed by atoms with Crippen LogP contribution < -0.4 is 5.32 Å². The molecule has 2 heterocycles. The van der Waals surface area contributed by atoms with Crippen LogP contribution in [0, 0.1) is 11.8 Å². The third-order valence-electron chi connectivity index (χ3n) is 3.37. The van der Waals surface area contributed by atoms with Crippen molar-refractivity contribution in [1.82, 2.24) is 5.32 Å². The molecule has 1 aliphatic heterocycles. The highest BCUT2D eigenvalue weighted by molar-refractivity contribution is 7.10. The molecule has 1 nitrogen and oxygen atoms in total. The van der Waals surface area contributed by atoms with Gasteiger partial charge >= 0.3 is 0 Å². The first kappa shape index (κ1) is 7.10. The van der Waals surface area contributed by atoms with E-state index >= 15 is 0 Å². The summed E-state index contributed by atoms with van der Waals surface area (Å²) in [7, 11) is 0. The third-order valence-corrected chi connectivity index (χ3v) is 4.38. The summed E-state index contributed by atoms with van der Waals surface area (Å²) in [5.74, 6) is 2.85. The Balaban J connectivity index is 1.81. The number of hydrogen-bond donors (Lipinski definition) is 1. The Morgan fingerprint density at radius 3 is 3.17 bits per heavy atom. The van der Waals surface area contributed by atoms with E-state index in [0.29, 0.717) is 0 Å². The first-order valence-corrected chi connectivity index (χ1v) is 5.57. The number of rotatable bonds is 1. The van der Waals surface area contributed by atoms with Crippen molar-refractivity contribution in [2.24, 2.45) is 11.8 Å². The van der Waals surface area contributed by atoms with Crippen LogP contribution in [-0.4, -0.2) is 13.1 Å². The molecule has 0 spiro atoms. The molecule has 12 heavy (non-hydrogen) atoms. The zero-order valence-corrected chi connectivity index (χ0v) is 7.81. The molecule has 1 aromatic rings. The van der Waals surface area contributed by atoms with E-state index in [2.05, 4.69) is 22.8 Å². The Morgan fingerprint density at radius 1 is 1.42 bits per heavy atom. The minimum atomic E-state index is 0.894. The van der Waals surface area contributed by atoms with E-state index < -0.39 is 0 Å². The van der Waals surface area contributed by atoms with Crippen LogP contribution in [0.5, 0.6) is 0 Å². The van der Waals surface area contributed by atoms with Gasteiger partial charge in [-0.15, -0.1) is 11.3 Å². The first-order valence-electron chi connectivity index (χ1n) is 4.69. The van der Waals surface area contributed by atoms with Crippen molar-refractivity contribution in [3.8, 4) is 0 Å². The molecule has 1 N–H and O–H groups in total. The zero-order chi connectivity index (χ0) is 7.97. The highest BCUT2D eigenvalue weighted by Gasteiger charge is 2.44. The van der Waals surface area contributed by atoms with Gasteiger partial charge in [0.15, 0.2) is 0 Å². The van der Waals surface area contributed by atoms with Crippen LogP contribution in [0.4, 0.5) is 0 Å². The van der Waals surface area contributed by atoms with Crippen molar-refractivity contribution in [2.75, 3.05) is 13.1 Å². The predicted molar refractivity (Wildman–Crippen MR) is 51.5 cm³/mol. The summed E-state index contributed by atoms with van der Waals surface area (Å²) < 4.78 is 0. The maximum absolute atomic E-state index is 3.48. The van der Waals surface area contributed by atoms with Gasteiger partial charge in [0.2, 0.25) is 0 Å². The fourth-order valence-corrected chi connectivity index (χ4v) is 3.53. The summed E-state index contributed by atoms with van der Waals surface area (Å²) in [4.78, 5) is 1.61. The average Bonchev–Trinajstić information content (AvgIpc) is 2.62. The van der Waals surface area contributed by atoms with Crippen LogP contribution in [0.2, 0.25) is 0 Å². The van der Waals surface area contributed by atoms with E-state index in [1.807, 2.05) is 11.3 Å². The second kappa shape index (κ2) is 2.57. The standard InChI is InChI=1S/C10H13NS/c1-2-10(12-3-1)8-4-7-5-11-6-9(7)8/h1-3,7-9,11H,4-6H2. The number of fused-ring (bicyclic) bond motifs is 1. The van der Waals surface area contributed by atoms with Gasteiger partial charge in [-0.05, 0) is 48.7 Å². The fraction of sp³-hybridized carbons (Fsp3) is 0.600. The van der Waals surface area contributed by atoms with Gasteiger partial charge in [-0.3, -0.25) is 0 Å². The topological polar surface area (TPSA) is 12.0 Å². The van der Waals surface area contributed by atoms with Crippen molar-refractivity contribution in [3.05, 3.63) is 22.4 Å². The third kappa shape index (κ3) is 0.882. The van der Waals surface area contributed by atoms with Crippen molar-refractivity contribution in [3.63, 3.8) is 0 Å². The van der Waals surface area contributed by atoms with Gasteiger partial charge in [-0.1, -0.05) is 6.07 Å². The molecule has 3 atom stereocenters. The van der Waals surface area contributed by atoms with Crippen molar-refractivity contribution in [2.45, 2.75) is 12.3 Å². The Hall–Kier alpha value is -0.340. The molecule has 0 amide bonds. The first-order chi connectivity index (χ1) is 5.95. The van der Waals surface area contributed by atoms with Crippen LogP contribution in [0.25, 0.3) is 0 Å². The van der Waals surface area contributed by atoms with E-state index in [0.717, 1.165) is 17.8 Å². The Kier molecular flexibility index (Phi) is 1.52. The lowest BCUT2D eigenvalue weighted by Crippen LogP contribution is -2.32. The normalized spacial score (nSPS) is 39.2. The van der Waals surface area contributed by atoms with Crippen LogP contribution in [-0.2, 0) is 0 Å². The van der Waals surface area contributed by atoms with Crippen LogP contribution in [0.1, 0.15) is 17.2 Å². The summed E-state index contributed by atoms with van der Waals surface area (Å²) in [5, 5.41) is 5.68. The monoisotopic (exact) mass is 179 g/mol. The smallest absolute Gasteiger partial charge is 0.00796 e. The van der Waals surface area contributed by atoms with E-state index in [1.165, 1.54) is 19.5 Å². The Morgan fingerprint density at radius 2 is 2.42 bits per heavy atom. The van der Waals surface area contributed by atoms with Crippen molar-refractivity contribution < 1.29 is 0 Å². The lowest BCUT2D eigenvalue weighted by molar-refractivity contribution is 0.194. The van der Waals surface area contributed by atoms with Gasteiger partial charge < -0.3 is 5.32 Å². The lowest BCUT2D eigenvalue weighted by atomic mass is 9.66. The molecule has 0 radical (unpaired) electrons. The maximum atomic E-state index is 3.48. The summed E-state index contributed by atoms with van der Waals surface area (Å²) in [6.07, 6.45) is 1.43. The van der Waals surface area contributed by atoms with Gasteiger partial charge in [-0.2, -0.15) is 0 Å². The SMILES string of the molecule is c1csc(C2CC3CNCC32)c1. The summed E-state index contributed by atoms with van der Waals surface area (Å²) in [6.45, 7) is 2.53. The maximum Gasteiger partial charge on any atom is 0.00796 e. The second-order valence-electron chi connectivity index (χ2n) is 3.94. The molecule has 3 unspecified atom stereocenters. The molecule has 64 valence electrons. The largest absolute Gasteiger partial charge is 0.316 e. The molecule has 0 bridgehead atoms. The fourth-order valence-electron chi connectivity index (χ4n) is 2.62. The number of hydrogen-bond acceptors (Lipinski definition) is 2. The van der Waals surface area contributed by atoms with Gasteiger partial charge in [0, 0.05) is 4.88 Å². The van der Waals surface area contributed by atoms with E-state index in [4.69, 9.17) is 0 Å². The van der Waals surface area contributed by atoms with Crippen LogP contribution in [0.3, 0.4) is 0 Å². The van der Waals surface area contributed by atoms with E-state index in [9.17, 15) is 0 Å². The molecule has 2 heteroatoms. The average molecular weight is 179 g/mol. The highest BCUT2D eigenvalue weighted by atomic mass is 32.1. The zero-order valence-electron chi connectivity index (χ0n) is 6.99. The van der Waals surface area contributed by atoms with Gasteiger partial charge in [0.25, 0.3) is 0 Å². The molecule has 1 saturated heterocycles. The molecule has 2 fully saturated rings. The van der Waals surface area contributed by atoms with Gasteiger partial charge in [0.05, 0.1) is 0 Å². The molecule has 2 aliphatic rings. The highest BCUT2D eigenvalue weighted by Crippen LogP contribution is 2.49. The lowest BCUT2D eigenvalue weighted by Gasteiger charge is -2.39. The van der Waals surface area contributed by atoms with Crippen molar-refractivity contribution >= 4 is 11.3 Å². The van der Waals surface area contributed by atoms with Gasteiger partial charge in [0.1, 0.15) is 0 Å². The van der Waals surface area contributed by atoms with E-state index in [1.54, 1.807) is 4.88 Å². The summed E-state index contributed by atoms with van der Waals surface area (Å²) >= 11 is 1.93. The molecule has 1 aromatic heterocycles. The molecule has 1 aliphatic carbocycles. The van der Waals surface area contributed by atoms with Crippen LogP contribution >= 0.6 is 11.3 Å². The molecular formula is C10H13NS. The minimum absolute atomic E-state index is 0.894. The number of nitrogens with one attached hydrogen (secondary N) is 1. The molecular weight excluding hydrogens is 166 g/mol. The molecule has 1 saturated carbocycles. The van der Waals surface area contributed by atoms with E-state index in [-0.39, 0.29) is 0 Å². The predicted octanol–water partition coefficient (Wildman–Crippen LogP) is 2.07. The Labute approximate surface area is 76.8 Å². The Bertz CT molecular complexity index is 267. The quantitative estimate of drug-likeness (QED) is 0.696.